The zero-order chi connectivity index (χ0) is 21.0. The zero-order valence-corrected chi connectivity index (χ0v) is 17.1. The minimum absolute atomic E-state index is 0.381. The topological polar surface area (TPSA) is 117 Å². The largest absolute Gasteiger partial charge is 0.491 e. The van der Waals surface area contributed by atoms with Gasteiger partial charge in [0.05, 0.1) is 36.4 Å². The van der Waals surface area contributed by atoms with Crippen LogP contribution in [0.2, 0.25) is 0 Å². The Morgan fingerprint density at radius 3 is 2.90 bits per heavy atom. The lowest BCUT2D eigenvalue weighted by Gasteiger charge is -2.08. The molecule has 11 heteroatoms. The lowest BCUT2D eigenvalue weighted by Crippen LogP contribution is -2.13. The lowest BCUT2D eigenvalue weighted by molar-refractivity contribution is 0.146. The molecule has 4 aromatic rings. The van der Waals surface area contributed by atoms with Crippen LogP contribution in [0.4, 0.5) is 11.6 Å². The van der Waals surface area contributed by atoms with Crippen molar-refractivity contribution in [1.29, 1.82) is 0 Å². The molecule has 2 N–H and O–H groups in total. The number of rotatable bonds is 8. The molecule has 0 saturated carbocycles. The molecular formula is C20H23N9O2. The fourth-order valence-electron chi connectivity index (χ4n) is 3.49. The third kappa shape index (κ3) is 4.18. The van der Waals surface area contributed by atoms with E-state index < -0.39 is 0 Å². The summed E-state index contributed by atoms with van der Waals surface area (Å²) in [6.07, 6.45) is 6.49. The van der Waals surface area contributed by atoms with E-state index in [9.17, 15) is 0 Å². The second kappa shape index (κ2) is 8.66. The van der Waals surface area contributed by atoms with Gasteiger partial charge in [0.1, 0.15) is 12.4 Å². The molecule has 1 fully saturated rings. The Bertz CT molecular complexity index is 1150. The second-order valence-electron chi connectivity index (χ2n) is 7.22. The standard InChI is InChI=1S/C20H23N9O2/c1-30-8-9-31-17-4-2-15(3-5-17)29-19-18(26-27-29)12-22-20(25-19)24-14-10-23-28(13-14)16-6-7-21-11-16/h2-5,10,12-13,16,21H,6-9,11H2,1H3,(H,22,24,25). The summed E-state index contributed by atoms with van der Waals surface area (Å²) < 4.78 is 14.3. The second-order valence-corrected chi connectivity index (χ2v) is 7.22. The van der Waals surface area contributed by atoms with Crippen LogP contribution in [-0.2, 0) is 4.74 Å². The van der Waals surface area contributed by atoms with Gasteiger partial charge >= 0.3 is 0 Å². The van der Waals surface area contributed by atoms with Crippen molar-refractivity contribution in [2.24, 2.45) is 0 Å². The number of benzene rings is 1. The Morgan fingerprint density at radius 2 is 2.10 bits per heavy atom. The molecule has 1 saturated heterocycles. The number of anilines is 2. The SMILES string of the molecule is COCCOc1ccc(-n2nnc3cnc(Nc4cnn(C5CCNC5)c4)nc32)cc1. The summed E-state index contributed by atoms with van der Waals surface area (Å²) in [6.45, 7) is 2.99. The first kappa shape index (κ1) is 19.4. The summed E-state index contributed by atoms with van der Waals surface area (Å²) in [4.78, 5) is 8.97. The van der Waals surface area contributed by atoms with Crippen LogP contribution in [0.3, 0.4) is 0 Å². The summed E-state index contributed by atoms with van der Waals surface area (Å²) in [5.74, 6) is 1.22. The van der Waals surface area contributed by atoms with Gasteiger partial charge < -0.3 is 20.1 Å². The predicted molar refractivity (Wildman–Crippen MR) is 114 cm³/mol. The molecule has 0 aliphatic carbocycles. The van der Waals surface area contributed by atoms with E-state index in [4.69, 9.17) is 9.47 Å². The van der Waals surface area contributed by atoms with Crippen LogP contribution in [0.25, 0.3) is 16.9 Å². The molecule has 1 atom stereocenters. The molecular weight excluding hydrogens is 398 g/mol. The van der Waals surface area contributed by atoms with E-state index >= 15 is 0 Å². The van der Waals surface area contributed by atoms with Crippen molar-refractivity contribution in [2.45, 2.75) is 12.5 Å². The Labute approximate surface area is 178 Å². The van der Waals surface area contributed by atoms with E-state index in [0.29, 0.717) is 36.4 Å². The maximum atomic E-state index is 5.61. The van der Waals surface area contributed by atoms with Crippen LogP contribution >= 0.6 is 0 Å². The fourth-order valence-corrected chi connectivity index (χ4v) is 3.49. The molecule has 31 heavy (non-hydrogen) atoms. The summed E-state index contributed by atoms with van der Waals surface area (Å²) in [5, 5.41) is 19.4. The van der Waals surface area contributed by atoms with Gasteiger partial charge in [-0.05, 0) is 37.2 Å². The van der Waals surface area contributed by atoms with Crippen molar-refractivity contribution in [3.8, 4) is 11.4 Å². The van der Waals surface area contributed by atoms with Crippen LogP contribution in [0.5, 0.6) is 5.75 Å². The summed E-state index contributed by atoms with van der Waals surface area (Å²) in [5.41, 5.74) is 2.88. The average molecular weight is 421 g/mol. The number of nitrogens with zero attached hydrogens (tertiary/aromatic N) is 7. The maximum absolute atomic E-state index is 5.61. The van der Waals surface area contributed by atoms with Gasteiger partial charge in [0.2, 0.25) is 5.95 Å². The molecule has 0 amide bonds. The van der Waals surface area contributed by atoms with E-state index in [-0.39, 0.29) is 0 Å². The van der Waals surface area contributed by atoms with Crippen LogP contribution in [0, 0.1) is 0 Å². The smallest absolute Gasteiger partial charge is 0.229 e. The molecule has 0 bridgehead atoms. The highest BCUT2D eigenvalue weighted by atomic mass is 16.5. The van der Waals surface area contributed by atoms with E-state index in [0.717, 1.165) is 36.6 Å². The van der Waals surface area contributed by atoms with Gasteiger partial charge in [0, 0.05) is 19.9 Å². The molecule has 0 spiro atoms. The van der Waals surface area contributed by atoms with Crippen molar-refractivity contribution in [3.05, 3.63) is 42.9 Å². The Kier molecular flexibility index (Phi) is 5.42. The quantitative estimate of drug-likeness (QED) is 0.410. The van der Waals surface area contributed by atoms with Crippen molar-refractivity contribution in [2.75, 3.05) is 38.7 Å². The number of methoxy groups -OCH3 is 1. The average Bonchev–Trinajstić information content (AvgIpc) is 3.55. The van der Waals surface area contributed by atoms with Gasteiger partial charge in [0.25, 0.3) is 0 Å². The zero-order valence-electron chi connectivity index (χ0n) is 17.1. The van der Waals surface area contributed by atoms with Crippen LogP contribution in [0.1, 0.15) is 12.5 Å². The van der Waals surface area contributed by atoms with E-state index in [1.165, 1.54) is 0 Å². The number of aromatic nitrogens is 7. The molecule has 0 radical (unpaired) electrons. The van der Waals surface area contributed by atoms with Gasteiger partial charge in [-0.15, -0.1) is 5.10 Å². The van der Waals surface area contributed by atoms with Gasteiger partial charge in [-0.1, -0.05) is 5.21 Å². The third-order valence-electron chi connectivity index (χ3n) is 5.10. The first-order valence-corrected chi connectivity index (χ1v) is 10.1. The molecule has 11 nitrogen and oxygen atoms in total. The van der Waals surface area contributed by atoms with Gasteiger partial charge in [-0.2, -0.15) is 14.8 Å². The molecule has 5 rings (SSSR count). The van der Waals surface area contributed by atoms with Crippen molar-refractivity contribution in [3.63, 3.8) is 0 Å². The molecule has 4 heterocycles. The van der Waals surface area contributed by atoms with E-state index in [2.05, 4.69) is 36.0 Å². The highest BCUT2D eigenvalue weighted by Crippen LogP contribution is 2.21. The predicted octanol–water partition coefficient (Wildman–Crippen LogP) is 1.71. The number of ether oxygens (including phenoxy) is 2. The molecule has 1 aliphatic heterocycles. The Morgan fingerprint density at radius 1 is 1.19 bits per heavy atom. The number of fused-ring (bicyclic) bond motifs is 1. The van der Waals surface area contributed by atoms with Crippen LogP contribution in [0.15, 0.2) is 42.9 Å². The van der Waals surface area contributed by atoms with Crippen LogP contribution < -0.4 is 15.4 Å². The molecule has 1 unspecified atom stereocenters. The summed E-state index contributed by atoms with van der Waals surface area (Å²) in [7, 11) is 1.65. The Balaban J connectivity index is 1.35. The number of hydrogen-bond donors (Lipinski definition) is 2. The van der Waals surface area contributed by atoms with Crippen molar-refractivity contribution >= 4 is 22.8 Å². The first-order valence-electron chi connectivity index (χ1n) is 10.1. The molecule has 1 aromatic carbocycles. The number of nitrogens with one attached hydrogen (secondary N) is 2. The lowest BCUT2D eigenvalue weighted by atomic mass is 10.3. The summed E-state index contributed by atoms with van der Waals surface area (Å²) in [6, 6.07) is 7.96. The van der Waals surface area contributed by atoms with Gasteiger partial charge in [-0.25, -0.2) is 4.98 Å². The third-order valence-corrected chi connectivity index (χ3v) is 5.10. The van der Waals surface area contributed by atoms with Gasteiger partial charge in [0.15, 0.2) is 11.2 Å². The van der Waals surface area contributed by atoms with Crippen molar-refractivity contribution < 1.29 is 9.47 Å². The Hall–Kier alpha value is -3.57. The van der Waals surface area contributed by atoms with Gasteiger partial charge in [-0.3, -0.25) is 4.68 Å². The monoisotopic (exact) mass is 421 g/mol. The highest BCUT2D eigenvalue weighted by molar-refractivity contribution is 5.72. The maximum Gasteiger partial charge on any atom is 0.229 e. The molecule has 3 aromatic heterocycles. The summed E-state index contributed by atoms with van der Waals surface area (Å²) >= 11 is 0. The fraction of sp³-hybridized carbons (Fsp3) is 0.350. The normalized spacial score (nSPS) is 16.1. The molecule has 160 valence electrons. The van der Waals surface area contributed by atoms with Crippen LogP contribution in [-0.4, -0.2) is 68.2 Å². The minimum atomic E-state index is 0.381. The highest BCUT2D eigenvalue weighted by Gasteiger charge is 2.17. The molecule has 1 aliphatic rings. The first-order chi connectivity index (χ1) is 15.3. The minimum Gasteiger partial charge on any atom is -0.491 e. The number of hydrogen-bond acceptors (Lipinski definition) is 9. The van der Waals surface area contributed by atoms with E-state index in [1.807, 2.05) is 35.1 Å². The van der Waals surface area contributed by atoms with Crippen molar-refractivity contribution in [1.82, 2.24) is 40.1 Å². The van der Waals surface area contributed by atoms with E-state index in [1.54, 1.807) is 24.2 Å².